The Balaban J connectivity index is 1.69. The SMILES string of the molecule is CSC1CCC(NC(=O)C2CNC2)CC1. The highest BCUT2D eigenvalue weighted by Gasteiger charge is 2.28. The van der Waals surface area contributed by atoms with Gasteiger partial charge in [0, 0.05) is 24.4 Å². The zero-order valence-electron chi connectivity index (χ0n) is 9.29. The van der Waals surface area contributed by atoms with Gasteiger partial charge in [-0.15, -0.1) is 0 Å². The third-order valence-electron chi connectivity index (χ3n) is 3.51. The van der Waals surface area contributed by atoms with Crippen LogP contribution < -0.4 is 10.6 Å². The first-order valence-corrected chi connectivity index (χ1v) is 7.12. The first-order valence-electron chi connectivity index (χ1n) is 5.83. The second-order valence-electron chi connectivity index (χ2n) is 4.57. The summed E-state index contributed by atoms with van der Waals surface area (Å²) in [5.41, 5.74) is 0. The zero-order chi connectivity index (χ0) is 10.7. The number of carbonyl (C=O) groups is 1. The molecule has 0 spiro atoms. The van der Waals surface area contributed by atoms with E-state index < -0.39 is 0 Å². The fourth-order valence-corrected chi connectivity index (χ4v) is 2.98. The van der Waals surface area contributed by atoms with Crippen molar-refractivity contribution < 1.29 is 4.79 Å². The van der Waals surface area contributed by atoms with Crippen molar-refractivity contribution in [3.05, 3.63) is 0 Å². The lowest BCUT2D eigenvalue weighted by molar-refractivity contribution is -0.127. The van der Waals surface area contributed by atoms with Crippen LogP contribution in [0, 0.1) is 5.92 Å². The number of thioether (sulfide) groups is 1. The number of amides is 1. The summed E-state index contributed by atoms with van der Waals surface area (Å²) >= 11 is 1.97. The van der Waals surface area contributed by atoms with Gasteiger partial charge in [0.05, 0.1) is 5.92 Å². The molecule has 0 atom stereocenters. The van der Waals surface area contributed by atoms with Gasteiger partial charge in [-0.2, -0.15) is 11.8 Å². The summed E-state index contributed by atoms with van der Waals surface area (Å²) in [4.78, 5) is 11.7. The average molecular weight is 228 g/mol. The van der Waals surface area contributed by atoms with Gasteiger partial charge in [-0.1, -0.05) is 0 Å². The monoisotopic (exact) mass is 228 g/mol. The molecule has 1 heterocycles. The zero-order valence-corrected chi connectivity index (χ0v) is 10.1. The van der Waals surface area contributed by atoms with E-state index in [-0.39, 0.29) is 11.8 Å². The maximum atomic E-state index is 11.7. The minimum Gasteiger partial charge on any atom is -0.353 e. The van der Waals surface area contributed by atoms with E-state index in [0.717, 1.165) is 31.2 Å². The summed E-state index contributed by atoms with van der Waals surface area (Å²) in [5.74, 6) is 0.504. The molecule has 3 nitrogen and oxygen atoms in total. The van der Waals surface area contributed by atoms with E-state index in [2.05, 4.69) is 16.9 Å². The lowest BCUT2D eigenvalue weighted by Crippen LogP contribution is -2.53. The Labute approximate surface area is 95.8 Å². The molecule has 1 saturated carbocycles. The van der Waals surface area contributed by atoms with Crippen LogP contribution in [0.2, 0.25) is 0 Å². The van der Waals surface area contributed by atoms with Crippen LogP contribution in [0.3, 0.4) is 0 Å². The minimum absolute atomic E-state index is 0.239. The molecule has 86 valence electrons. The van der Waals surface area contributed by atoms with Crippen molar-refractivity contribution in [2.45, 2.75) is 37.0 Å². The molecule has 2 rings (SSSR count). The van der Waals surface area contributed by atoms with Crippen LogP contribution in [0.1, 0.15) is 25.7 Å². The summed E-state index contributed by atoms with van der Waals surface area (Å²) in [7, 11) is 0. The molecule has 0 bridgehead atoms. The van der Waals surface area contributed by atoms with Gasteiger partial charge in [-0.3, -0.25) is 4.79 Å². The average Bonchev–Trinajstić information content (AvgIpc) is 2.16. The Morgan fingerprint density at radius 1 is 1.27 bits per heavy atom. The highest BCUT2D eigenvalue weighted by atomic mass is 32.2. The van der Waals surface area contributed by atoms with Crippen molar-refractivity contribution in [2.24, 2.45) is 5.92 Å². The molecule has 0 unspecified atom stereocenters. The number of nitrogens with one attached hydrogen (secondary N) is 2. The lowest BCUT2D eigenvalue weighted by atomic mass is 9.93. The Bertz CT molecular complexity index is 223. The molecular weight excluding hydrogens is 208 g/mol. The molecule has 0 aromatic rings. The first-order chi connectivity index (χ1) is 7.29. The highest BCUT2D eigenvalue weighted by Crippen LogP contribution is 2.26. The van der Waals surface area contributed by atoms with E-state index in [9.17, 15) is 4.79 Å². The second kappa shape index (κ2) is 5.21. The topological polar surface area (TPSA) is 41.1 Å². The van der Waals surface area contributed by atoms with E-state index in [4.69, 9.17) is 0 Å². The van der Waals surface area contributed by atoms with Crippen molar-refractivity contribution in [2.75, 3.05) is 19.3 Å². The summed E-state index contributed by atoms with van der Waals surface area (Å²) in [6, 6.07) is 0.446. The lowest BCUT2D eigenvalue weighted by Gasteiger charge is -2.32. The maximum absolute atomic E-state index is 11.7. The molecule has 2 aliphatic rings. The van der Waals surface area contributed by atoms with Gasteiger partial charge in [0.1, 0.15) is 0 Å². The van der Waals surface area contributed by atoms with Crippen LogP contribution in [0.15, 0.2) is 0 Å². The van der Waals surface area contributed by atoms with E-state index in [1.807, 2.05) is 11.8 Å². The van der Waals surface area contributed by atoms with Gasteiger partial charge in [-0.25, -0.2) is 0 Å². The van der Waals surface area contributed by atoms with Gasteiger partial charge in [-0.05, 0) is 31.9 Å². The molecule has 0 radical (unpaired) electrons. The molecule has 15 heavy (non-hydrogen) atoms. The van der Waals surface area contributed by atoms with E-state index in [1.54, 1.807) is 0 Å². The molecular formula is C11H20N2OS. The first kappa shape index (κ1) is 11.3. The normalized spacial score (nSPS) is 32.1. The van der Waals surface area contributed by atoms with Gasteiger partial charge in [0.2, 0.25) is 5.91 Å². The van der Waals surface area contributed by atoms with Crippen molar-refractivity contribution >= 4 is 17.7 Å². The van der Waals surface area contributed by atoms with Gasteiger partial charge < -0.3 is 10.6 Å². The predicted octanol–water partition coefficient (Wildman–Crippen LogP) is 0.996. The third kappa shape index (κ3) is 2.88. The Hall–Kier alpha value is -0.220. The van der Waals surface area contributed by atoms with Gasteiger partial charge >= 0.3 is 0 Å². The Morgan fingerprint density at radius 2 is 1.93 bits per heavy atom. The van der Waals surface area contributed by atoms with E-state index in [1.165, 1.54) is 12.8 Å². The van der Waals surface area contributed by atoms with Crippen molar-refractivity contribution in [1.82, 2.24) is 10.6 Å². The van der Waals surface area contributed by atoms with E-state index >= 15 is 0 Å². The van der Waals surface area contributed by atoms with Crippen LogP contribution in [-0.4, -0.2) is 36.5 Å². The smallest absolute Gasteiger partial charge is 0.225 e. The van der Waals surface area contributed by atoms with Crippen LogP contribution in [0.5, 0.6) is 0 Å². The fraction of sp³-hybridized carbons (Fsp3) is 0.909. The van der Waals surface area contributed by atoms with Crippen LogP contribution >= 0.6 is 11.8 Å². The molecule has 4 heteroatoms. The number of rotatable bonds is 3. The number of hydrogen-bond acceptors (Lipinski definition) is 3. The van der Waals surface area contributed by atoms with Crippen LogP contribution in [0.25, 0.3) is 0 Å². The maximum Gasteiger partial charge on any atom is 0.225 e. The largest absolute Gasteiger partial charge is 0.353 e. The van der Waals surface area contributed by atoms with Gasteiger partial charge in [0.25, 0.3) is 0 Å². The molecule has 1 amide bonds. The molecule has 1 aliphatic carbocycles. The predicted molar refractivity (Wildman–Crippen MR) is 64.1 cm³/mol. The third-order valence-corrected chi connectivity index (χ3v) is 4.64. The van der Waals surface area contributed by atoms with Crippen molar-refractivity contribution in [3.8, 4) is 0 Å². The molecule has 0 aromatic heterocycles. The standard InChI is InChI=1S/C11H20N2OS/c1-15-10-4-2-9(3-5-10)13-11(14)8-6-12-7-8/h8-10,12H,2-7H2,1H3,(H,13,14). The summed E-state index contributed by atoms with van der Waals surface area (Å²) < 4.78 is 0. The second-order valence-corrected chi connectivity index (χ2v) is 5.71. The van der Waals surface area contributed by atoms with E-state index in [0.29, 0.717) is 6.04 Å². The minimum atomic E-state index is 0.239. The number of hydrogen-bond donors (Lipinski definition) is 2. The van der Waals surface area contributed by atoms with Crippen LogP contribution in [-0.2, 0) is 4.79 Å². The number of carbonyl (C=O) groups excluding carboxylic acids is 1. The van der Waals surface area contributed by atoms with Gasteiger partial charge in [0.15, 0.2) is 0 Å². The summed E-state index contributed by atoms with van der Waals surface area (Å²) in [5, 5.41) is 7.13. The Morgan fingerprint density at radius 3 is 2.40 bits per heavy atom. The molecule has 1 aliphatic heterocycles. The quantitative estimate of drug-likeness (QED) is 0.757. The fourth-order valence-electron chi connectivity index (χ4n) is 2.24. The van der Waals surface area contributed by atoms with Crippen molar-refractivity contribution in [1.29, 1.82) is 0 Å². The Kier molecular flexibility index (Phi) is 3.92. The van der Waals surface area contributed by atoms with Crippen molar-refractivity contribution in [3.63, 3.8) is 0 Å². The summed E-state index contributed by atoms with van der Waals surface area (Å²) in [6.45, 7) is 1.73. The van der Waals surface area contributed by atoms with Crippen LogP contribution in [0.4, 0.5) is 0 Å². The molecule has 2 fully saturated rings. The molecule has 2 N–H and O–H groups in total. The molecule has 0 aromatic carbocycles. The highest BCUT2D eigenvalue weighted by molar-refractivity contribution is 7.99. The summed E-state index contributed by atoms with van der Waals surface area (Å²) in [6.07, 6.45) is 7.03. The molecule has 1 saturated heterocycles.